The van der Waals surface area contributed by atoms with E-state index in [2.05, 4.69) is 10.1 Å². The lowest BCUT2D eigenvalue weighted by molar-refractivity contribution is -0.136. The average molecular weight is 463 g/mol. The van der Waals surface area contributed by atoms with Crippen LogP contribution in [0.15, 0.2) is 53.2 Å². The fourth-order valence-electron chi connectivity index (χ4n) is 4.56. The number of hydrogen-bond acceptors (Lipinski definition) is 6. The minimum Gasteiger partial charge on any atom is -0.489 e. The molecule has 1 atom stereocenters. The summed E-state index contributed by atoms with van der Waals surface area (Å²) in [6.07, 6.45) is 3.05. The standard InChI is InChI=1S/C26H30N4O4/c1-18-22(19(2)34-28-18)16-33-21-10-7-9-20(15-21)24(31)30-14-8-12-26(17-30,25(32)29(3)4)23-11-5-6-13-27-23/h5-7,9-11,13,15H,8,12,14,16-17H2,1-4H3/t26-/m0/s1. The van der Waals surface area contributed by atoms with Crippen LogP contribution in [0.4, 0.5) is 0 Å². The Morgan fingerprint density at radius 2 is 2.00 bits per heavy atom. The zero-order valence-electron chi connectivity index (χ0n) is 20.1. The number of carbonyl (C=O) groups is 2. The summed E-state index contributed by atoms with van der Waals surface area (Å²) >= 11 is 0. The van der Waals surface area contributed by atoms with Gasteiger partial charge in [-0.05, 0) is 57.0 Å². The fourth-order valence-corrected chi connectivity index (χ4v) is 4.56. The molecule has 0 bridgehead atoms. The maximum Gasteiger partial charge on any atom is 0.254 e. The molecule has 0 N–H and O–H groups in total. The number of nitrogens with zero attached hydrogens (tertiary/aromatic N) is 4. The Hall–Kier alpha value is -3.68. The van der Waals surface area contributed by atoms with Gasteiger partial charge in [-0.1, -0.05) is 17.3 Å². The normalized spacial score (nSPS) is 17.9. The van der Waals surface area contributed by atoms with Gasteiger partial charge >= 0.3 is 0 Å². The lowest BCUT2D eigenvalue weighted by Crippen LogP contribution is -2.56. The number of hydrogen-bond donors (Lipinski definition) is 0. The lowest BCUT2D eigenvalue weighted by Gasteiger charge is -2.42. The first kappa shape index (κ1) is 23.5. The van der Waals surface area contributed by atoms with E-state index >= 15 is 0 Å². The number of likely N-dealkylation sites (N-methyl/N-ethyl adjacent to an activating group) is 1. The van der Waals surface area contributed by atoms with E-state index < -0.39 is 5.41 Å². The smallest absolute Gasteiger partial charge is 0.254 e. The maximum atomic E-state index is 13.5. The molecule has 2 amide bonds. The number of carbonyl (C=O) groups excluding carboxylic acids is 2. The first-order valence-electron chi connectivity index (χ1n) is 11.4. The highest BCUT2D eigenvalue weighted by molar-refractivity contribution is 5.96. The molecule has 1 fully saturated rings. The second-order valence-corrected chi connectivity index (χ2v) is 8.95. The van der Waals surface area contributed by atoms with Gasteiger partial charge in [0, 0.05) is 38.9 Å². The van der Waals surface area contributed by atoms with Gasteiger partial charge in [0.25, 0.3) is 5.91 Å². The molecule has 0 unspecified atom stereocenters. The lowest BCUT2D eigenvalue weighted by atomic mass is 9.75. The zero-order chi connectivity index (χ0) is 24.3. The van der Waals surface area contributed by atoms with Crippen molar-refractivity contribution in [3.8, 4) is 5.75 Å². The highest BCUT2D eigenvalue weighted by Gasteiger charge is 2.46. The van der Waals surface area contributed by atoms with Gasteiger partial charge in [-0.15, -0.1) is 0 Å². The second kappa shape index (κ2) is 9.67. The van der Waals surface area contributed by atoms with Crippen LogP contribution < -0.4 is 4.74 Å². The van der Waals surface area contributed by atoms with E-state index in [1.165, 1.54) is 0 Å². The van der Waals surface area contributed by atoms with Crippen LogP contribution >= 0.6 is 0 Å². The molecule has 178 valence electrons. The zero-order valence-corrected chi connectivity index (χ0v) is 20.1. The number of amides is 2. The minimum absolute atomic E-state index is 0.0414. The number of aromatic nitrogens is 2. The third-order valence-electron chi connectivity index (χ3n) is 6.40. The van der Waals surface area contributed by atoms with Crippen LogP contribution in [0.5, 0.6) is 5.75 Å². The number of likely N-dealkylation sites (tertiary alicyclic amines) is 1. The molecule has 3 aromatic rings. The van der Waals surface area contributed by atoms with Gasteiger partial charge in [0.2, 0.25) is 5.91 Å². The Morgan fingerprint density at radius 3 is 2.68 bits per heavy atom. The SMILES string of the molecule is Cc1noc(C)c1COc1cccc(C(=O)N2CCC[C@@](C(=O)N(C)C)(c3ccccn3)C2)c1. The third-order valence-corrected chi connectivity index (χ3v) is 6.40. The molecule has 0 saturated carbocycles. The van der Waals surface area contributed by atoms with Crippen LogP contribution in [0, 0.1) is 13.8 Å². The van der Waals surface area contributed by atoms with Gasteiger partial charge in [-0.2, -0.15) is 0 Å². The van der Waals surface area contributed by atoms with Crippen molar-refractivity contribution in [3.05, 3.63) is 76.9 Å². The molecular weight excluding hydrogens is 432 g/mol. The van der Waals surface area contributed by atoms with Crippen molar-refractivity contribution in [1.29, 1.82) is 0 Å². The van der Waals surface area contributed by atoms with Gasteiger partial charge in [0.1, 0.15) is 23.5 Å². The average Bonchev–Trinajstić information content (AvgIpc) is 3.19. The van der Waals surface area contributed by atoms with Gasteiger partial charge in [-0.3, -0.25) is 14.6 Å². The van der Waals surface area contributed by atoms with E-state index in [9.17, 15) is 9.59 Å². The fraction of sp³-hybridized carbons (Fsp3) is 0.385. The summed E-state index contributed by atoms with van der Waals surface area (Å²) in [4.78, 5) is 34.7. The molecule has 8 nitrogen and oxygen atoms in total. The van der Waals surface area contributed by atoms with E-state index in [0.717, 1.165) is 17.0 Å². The number of piperidine rings is 1. The van der Waals surface area contributed by atoms with E-state index in [0.29, 0.717) is 43.0 Å². The highest BCUT2D eigenvalue weighted by Crippen LogP contribution is 2.35. The molecule has 0 spiro atoms. The Morgan fingerprint density at radius 1 is 1.18 bits per heavy atom. The number of ether oxygens (including phenoxy) is 1. The molecule has 1 aromatic carbocycles. The van der Waals surface area contributed by atoms with Crippen LogP contribution in [-0.4, -0.2) is 58.9 Å². The van der Waals surface area contributed by atoms with E-state index in [-0.39, 0.29) is 18.4 Å². The number of aryl methyl sites for hydroxylation is 2. The number of benzene rings is 1. The van der Waals surface area contributed by atoms with Crippen molar-refractivity contribution in [2.75, 3.05) is 27.2 Å². The predicted octanol–water partition coefficient (Wildman–Crippen LogP) is 3.53. The summed E-state index contributed by atoms with van der Waals surface area (Å²) in [7, 11) is 3.49. The predicted molar refractivity (Wildman–Crippen MR) is 126 cm³/mol. The summed E-state index contributed by atoms with van der Waals surface area (Å²) in [6.45, 7) is 4.89. The number of rotatable bonds is 6. The van der Waals surface area contributed by atoms with Crippen molar-refractivity contribution in [2.45, 2.75) is 38.7 Å². The molecule has 4 rings (SSSR count). The molecule has 34 heavy (non-hydrogen) atoms. The van der Waals surface area contributed by atoms with Crippen LogP contribution in [0.2, 0.25) is 0 Å². The van der Waals surface area contributed by atoms with Crippen molar-refractivity contribution >= 4 is 11.8 Å². The molecule has 0 aliphatic carbocycles. The van der Waals surface area contributed by atoms with Gasteiger partial charge in [-0.25, -0.2) is 0 Å². The second-order valence-electron chi connectivity index (χ2n) is 8.95. The van der Waals surface area contributed by atoms with Crippen molar-refractivity contribution in [3.63, 3.8) is 0 Å². The van der Waals surface area contributed by atoms with Crippen molar-refractivity contribution in [1.82, 2.24) is 19.9 Å². The van der Waals surface area contributed by atoms with Gasteiger partial charge < -0.3 is 19.1 Å². The number of pyridine rings is 1. The molecule has 8 heteroatoms. The molecule has 0 radical (unpaired) electrons. The summed E-state index contributed by atoms with van der Waals surface area (Å²) in [6, 6.07) is 12.7. The monoisotopic (exact) mass is 462 g/mol. The topological polar surface area (TPSA) is 88.8 Å². The summed E-state index contributed by atoms with van der Waals surface area (Å²) < 4.78 is 11.1. The largest absolute Gasteiger partial charge is 0.489 e. The Labute approximate surface area is 199 Å². The van der Waals surface area contributed by atoms with Crippen LogP contribution in [0.3, 0.4) is 0 Å². The Bertz CT molecular complexity index is 1160. The van der Waals surface area contributed by atoms with Crippen LogP contribution in [-0.2, 0) is 16.8 Å². The Balaban J connectivity index is 1.56. The van der Waals surface area contributed by atoms with Crippen molar-refractivity contribution < 1.29 is 18.8 Å². The summed E-state index contributed by atoms with van der Waals surface area (Å²) in [5.41, 5.74) is 2.04. The summed E-state index contributed by atoms with van der Waals surface area (Å²) in [5, 5.41) is 3.95. The quantitative estimate of drug-likeness (QED) is 0.557. The highest BCUT2D eigenvalue weighted by atomic mass is 16.5. The van der Waals surface area contributed by atoms with Gasteiger partial charge in [0.15, 0.2) is 0 Å². The molecule has 1 saturated heterocycles. The first-order valence-corrected chi connectivity index (χ1v) is 11.4. The van der Waals surface area contributed by atoms with Crippen molar-refractivity contribution in [2.24, 2.45) is 0 Å². The van der Waals surface area contributed by atoms with Gasteiger partial charge in [0.05, 0.1) is 17.0 Å². The molecular formula is C26H30N4O4. The maximum absolute atomic E-state index is 13.5. The first-order chi connectivity index (χ1) is 16.3. The third kappa shape index (κ3) is 4.53. The molecule has 3 heterocycles. The molecule has 1 aliphatic rings. The summed E-state index contributed by atoms with van der Waals surface area (Å²) in [5.74, 6) is 1.13. The van der Waals surface area contributed by atoms with Crippen LogP contribution in [0.25, 0.3) is 0 Å². The van der Waals surface area contributed by atoms with E-state index in [4.69, 9.17) is 9.26 Å². The minimum atomic E-state index is -0.865. The van der Waals surface area contributed by atoms with E-state index in [1.54, 1.807) is 48.3 Å². The Kier molecular flexibility index (Phi) is 6.68. The van der Waals surface area contributed by atoms with E-state index in [1.807, 2.05) is 38.1 Å². The van der Waals surface area contributed by atoms with Crippen LogP contribution in [0.1, 0.15) is 45.9 Å². The molecule has 1 aliphatic heterocycles. The molecule has 2 aromatic heterocycles.